The first kappa shape index (κ1) is 14.4. The number of rotatable bonds is 5. The molecular formula is C16H16BrClO. The molecule has 0 heterocycles. The summed E-state index contributed by atoms with van der Waals surface area (Å²) in [5.41, 5.74) is 2.43. The Balaban J connectivity index is 2.01. The summed E-state index contributed by atoms with van der Waals surface area (Å²) < 4.78 is 5.92. The van der Waals surface area contributed by atoms with Crippen molar-refractivity contribution in [2.45, 2.75) is 19.4 Å². The molecule has 0 fully saturated rings. The lowest BCUT2D eigenvalue weighted by Crippen LogP contribution is -2.02. The standard InChI is InChI=1S/C16H16BrClO/c1-12(14-4-6-15(18)7-5-14)19-16-8-2-13(3-9-16)10-11-17/h2-9,12H,10-11H2,1H3. The van der Waals surface area contributed by atoms with Gasteiger partial charge in [-0.2, -0.15) is 0 Å². The summed E-state index contributed by atoms with van der Waals surface area (Å²) in [5.74, 6) is 0.890. The maximum atomic E-state index is 5.92. The van der Waals surface area contributed by atoms with E-state index < -0.39 is 0 Å². The maximum Gasteiger partial charge on any atom is 0.121 e. The third-order valence-corrected chi connectivity index (χ3v) is 3.61. The minimum atomic E-state index is 0.0132. The molecule has 0 aromatic heterocycles. The minimum absolute atomic E-state index is 0.0132. The van der Waals surface area contributed by atoms with Crippen LogP contribution in [0.1, 0.15) is 24.2 Å². The van der Waals surface area contributed by atoms with Gasteiger partial charge in [0, 0.05) is 10.4 Å². The molecule has 0 aliphatic rings. The van der Waals surface area contributed by atoms with Crippen LogP contribution in [0.3, 0.4) is 0 Å². The molecule has 0 N–H and O–H groups in total. The van der Waals surface area contributed by atoms with Crippen molar-refractivity contribution in [3.8, 4) is 5.75 Å². The Hall–Kier alpha value is -0.990. The van der Waals surface area contributed by atoms with Gasteiger partial charge in [-0.15, -0.1) is 0 Å². The van der Waals surface area contributed by atoms with Crippen molar-refractivity contribution in [3.63, 3.8) is 0 Å². The molecule has 2 aromatic carbocycles. The summed E-state index contributed by atoms with van der Waals surface area (Å²) in [6, 6.07) is 16.0. The molecule has 0 aliphatic carbocycles. The first-order valence-corrected chi connectivity index (χ1v) is 7.76. The third kappa shape index (κ3) is 4.26. The summed E-state index contributed by atoms with van der Waals surface area (Å²) in [6.07, 6.45) is 1.05. The van der Waals surface area contributed by atoms with Crippen molar-refractivity contribution < 1.29 is 4.74 Å². The van der Waals surface area contributed by atoms with Gasteiger partial charge in [0.2, 0.25) is 0 Å². The van der Waals surface area contributed by atoms with Crippen molar-refractivity contribution in [3.05, 3.63) is 64.7 Å². The minimum Gasteiger partial charge on any atom is -0.486 e. The maximum absolute atomic E-state index is 5.92. The van der Waals surface area contributed by atoms with E-state index in [1.54, 1.807) is 0 Å². The Labute approximate surface area is 127 Å². The van der Waals surface area contributed by atoms with E-state index in [-0.39, 0.29) is 6.10 Å². The Morgan fingerprint density at radius 1 is 1.05 bits per heavy atom. The van der Waals surface area contributed by atoms with Crippen molar-refractivity contribution in [2.75, 3.05) is 5.33 Å². The van der Waals surface area contributed by atoms with Crippen LogP contribution >= 0.6 is 27.5 Å². The van der Waals surface area contributed by atoms with Crippen LogP contribution in [-0.4, -0.2) is 5.33 Å². The highest BCUT2D eigenvalue weighted by molar-refractivity contribution is 9.09. The van der Waals surface area contributed by atoms with E-state index in [1.807, 2.05) is 43.3 Å². The smallest absolute Gasteiger partial charge is 0.121 e. The fourth-order valence-electron chi connectivity index (χ4n) is 1.85. The van der Waals surface area contributed by atoms with Gasteiger partial charge in [-0.1, -0.05) is 51.8 Å². The van der Waals surface area contributed by atoms with Gasteiger partial charge in [0.15, 0.2) is 0 Å². The van der Waals surface area contributed by atoms with E-state index in [9.17, 15) is 0 Å². The number of benzene rings is 2. The van der Waals surface area contributed by atoms with Crippen LogP contribution in [0.5, 0.6) is 5.75 Å². The van der Waals surface area contributed by atoms with Crippen molar-refractivity contribution in [1.82, 2.24) is 0 Å². The number of hydrogen-bond acceptors (Lipinski definition) is 1. The Kier molecular flexibility index (Phi) is 5.29. The molecule has 0 radical (unpaired) electrons. The van der Waals surface area contributed by atoms with E-state index in [2.05, 4.69) is 28.1 Å². The molecule has 0 bridgehead atoms. The second kappa shape index (κ2) is 6.97. The molecule has 2 aromatic rings. The van der Waals surface area contributed by atoms with Gasteiger partial charge in [0.25, 0.3) is 0 Å². The lowest BCUT2D eigenvalue weighted by atomic mass is 10.1. The van der Waals surface area contributed by atoms with Crippen LogP contribution in [0.25, 0.3) is 0 Å². The quantitative estimate of drug-likeness (QED) is 0.661. The number of aryl methyl sites for hydroxylation is 1. The van der Waals surface area contributed by atoms with Crippen LogP contribution in [0.4, 0.5) is 0 Å². The molecule has 0 aliphatic heterocycles. The summed E-state index contributed by atoms with van der Waals surface area (Å²) in [4.78, 5) is 0. The van der Waals surface area contributed by atoms with Gasteiger partial charge in [0.1, 0.15) is 11.9 Å². The van der Waals surface area contributed by atoms with Gasteiger partial charge in [0.05, 0.1) is 0 Å². The normalized spacial score (nSPS) is 12.2. The van der Waals surface area contributed by atoms with Crippen LogP contribution in [-0.2, 0) is 6.42 Å². The van der Waals surface area contributed by atoms with Crippen molar-refractivity contribution >= 4 is 27.5 Å². The molecule has 0 spiro atoms. The number of hydrogen-bond donors (Lipinski definition) is 0. The van der Waals surface area contributed by atoms with Gasteiger partial charge in [-0.25, -0.2) is 0 Å². The van der Waals surface area contributed by atoms with Gasteiger partial charge in [-0.05, 0) is 48.7 Å². The van der Waals surface area contributed by atoms with Gasteiger partial charge < -0.3 is 4.74 Å². The van der Waals surface area contributed by atoms with Crippen LogP contribution < -0.4 is 4.74 Å². The highest BCUT2D eigenvalue weighted by atomic mass is 79.9. The lowest BCUT2D eigenvalue weighted by molar-refractivity contribution is 0.227. The third-order valence-electron chi connectivity index (χ3n) is 2.96. The zero-order chi connectivity index (χ0) is 13.7. The molecule has 1 atom stereocenters. The molecule has 1 unspecified atom stereocenters. The summed E-state index contributed by atoms with van der Waals surface area (Å²) in [6.45, 7) is 2.04. The second-order valence-electron chi connectivity index (χ2n) is 4.39. The van der Waals surface area contributed by atoms with Crippen molar-refractivity contribution in [1.29, 1.82) is 0 Å². The van der Waals surface area contributed by atoms with Gasteiger partial charge >= 0.3 is 0 Å². The molecule has 0 saturated heterocycles. The SMILES string of the molecule is CC(Oc1ccc(CCBr)cc1)c1ccc(Cl)cc1. The van der Waals surface area contributed by atoms with E-state index in [0.717, 1.165) is 28.1 Å². The molecule has 0 saturated carbocycles. The molecule has 19 heavy (non-hydrogen) atoms. The van der Waals surface area contributed by atoms with Crippen molar-refractivity contribution in [2.24, 2.45) is 0 Å². The summed E-state index contributed by atoms with van der Waals surface area (Å²) in [7, 11) is 0. The zero-order valence-corrected chi connectivity index (χ0v) is 13.1. The molecule has 2 rings (SSSR count). The Bertz CT molecular complexity index is 507. The summed E-state index contributed by atoms with van der Waals surface area (Å²) in [5, 5.41) is 1.73. The topological polar surface area (TPSA) is 9.23 Å². The molecular weight excluding hydrogens is 324 g/mol. The first-order valence-electron chi connectivity index (χ1n) is 6.26. The van der Waals surface area contributed by atoms with E-state index in [1.165, 1.54) is 5.56 Å². The fraction of sp³-hybridized carbons (Fsp3) is 0.250. The predicted molar refractivity (Wildman–Crippen MR) is 84.4 cm³/mol. The number of alkyl halides is 1. The molecule has 100 valence electrons. The predicted octanol–water partition coefficient (Wildman–Crippen LogP) is 5.42. The van der Waals surface area contributed by atoms with Crippen LogP contribution in [0.2, 0.25) is 5.02 Å². The van der Waals surface area contributed by atoms with Crippen LogP contribution in [0, 0.1) is 0 Å². The molecule has 1 nitrogen and oxygen atoms in total. The first-order chi connectivity index (χ1) is 9.19. The lowest BCUT2D eigenvalue weighted by Gasteiger charge is -2.15. The molecule has 3 heteroatoms. The second-order valence-corrected chi connectivity index (χ2v) is 5.62. The molecule has 0 amide bonds. The van der Waals surface area contributed by atoms with E-state index >= 15 is 0 Å². The number of halogens is 2. The Morgan fingerprint density at radius 2 is 1.68 bits per heavy atom. The largest absolute Gasteiger partial charge is 0.486 e. The number of ether oxygens (including phenoxy) is 1. The average molecular weight is 340 g/mol. The zero-order valence-electron chi connectivity index (χ0n) is 10.8. The Morgan fingerprint density at radius 3 is 2.26 bits per heavy atom. The van der Waals surface area contributed by atoms with E-state index in [4.69, 9.17) is 16.3 Å². The highest BCUT2D eigenvalue weighted by Crippen LogP contribution is 2.23. The highest BCUT2D eigenvalue weighted by Gasteiger charge is 2.07. The van der Waals surface area contributed by atoms with Crippen LogP contribution in [0.15, 0.2) is 48.5 Å². The fourth-order valence-corrected chi connectivity index (χ4v) is 2.43. The summed E-state index contributed by atoms with van der Waals surface area (Å²) >= 11 is 9.32. The average Bonchev–Trinajstić information content (AvgIpc) is 2.42. The van der Waals surface area contributed by atoms with Gasteiger partial charge in [-0.3, -0.25) is 0 Å². The monoisotopic (exact) mass is 338 g/mol. The van der Waals surface area contributed by atoms with E-state index in [0.29, 0.717) is 0 Å².